The van der Waals surface area contributed by atoms with Crippen LogP contribution in [0.1, 0.15) is 27.9 Å². The van der Waals surface area contributed by atoms with Crippen LogP contribution < -0.4 is 5.32 Å². The third-order valence-corrected chi connectivity index (χ3v) is 4.86. The Morgan fingerprint density at radius 3 is 2.73 bits per heavy atom. The lowest BCUT2D eigenvalue weighted by Gasteiger charge is -2.33. The Kier molecular flexibility index (Phi) is 4.77. The Bertz CT molecular complexity index is 878. The number of furan rings is 2. The van der Waals surface area contributed by atoms with Crippen molar-refractivity contribution in [3.8, 4) is 0 Å². The van der Waals surface area contributed by atoms with Gasteiger partial charge in [-0.15, -0.1) is 0 Å². The Morgan fingerprint density at radius 1 is 1.19 bits per heavy atom. The van der Waals surface area contributed by atoms with E-state index in [4.69, 9.17) is 13.6 Å². The summed E-state index contributed by atoms with van der Waals surface area (Å²) in [6.07, 6.45) is 1.66. The van der Waals surface area contributed by atoms with Crippen LogP contribution in [0.15, 0.2) is 51.5 Å². The zero-order valence-corrected chi connectivity index (χ0v) is 14.7. The summed E-state index contributed by atoms with van der Waals surface area (Å²) < 4.78 is 16.8. The van der Waals surface area contributed by atoms with Crippen molar-refractivity contribution in [2.75, 3.05) is 32.8 Å². The molecule has 26 heavy (non-hydrogen) atoms. The molecule has 6 heteroatoms. The van der Waals surface area contributed by atoms with Crippen LogP contribution in [0.4, 0.5) is 0 Å². The van der Waals surface area contributed by atoms with Crippen molar-refractivity contribution >= 4 is 16.9 Å². The molecule has 1 saturated heterocycles. The Balaban J connectivity index is 1.51. The number of amides is 1. The van der Waals surface area contributed by atoms with Crippen molar-refractivity contribution in [3.05, 3.63) is 59.7 Å². The lowest BCUT2D eigenvalue weighted by Crippen LogP contribution is -2.43. The number of fused-ring (bicyclic) bond motifs is 1. The number of carbonyl (C=O) groups excluding carboxylic acids is 1. The lowest BCUT2D eigenvalue weighted by molar-refractivity contribution is 0.0117. The van der Waals surface area contributed by atoms with Crippen molar-refractivity contribution in [3.63, 3.8) is 0 Å². The molecule has 3 heterocycles. The van der Waals surface area contributed by atoms with Gasteiger partial charge in [-0.2, -0.15) is 0 Å². The molecule has 1 aliphatic heterocycles. The molecule has 1 atom stereocenters. The summed E-state index contributed by atoms with van der Waals surface area (Å²) in [5.74, 6) is 1.00. The topological polar surface area (TPSA) is 67.9 Å². The molecule has 2 aromatic heterocycles. The third kappa shape index (κ3) is 3.25. The maximum absolute atomic E-state index is 12.7. The van der Waals surface area contributed by atoms with E-state index in [1.807, 2.05) is 43.3 Å². The van der Waals surface area contributed by atoms with Gasteiger partial charge in [0.2, 0.25) is 0 Å². The zero-order valence-electron chi connectivity index (χ0n) is 14.7. The molecule has 0 bridgehead atoms. The van der Waals surface area contributed by atoms with E-state index < -0.39 is 0 Å². The predicted molar refractivity (Wildman–Crippen MR) is 97.1 cm³/mol. The minimum atomic E-state index is -0.205. The number of morpholine rings is 1. The highest BCUT2D eigenvalue weighted by Gasteiger charge is 2.26. The molecular weight excluding hydrogens is 332 g/mol. The van der Waals surface area contributed by atoms with Crippen molar-refractivity contribution in [2.24, 2.45) is 0 Å². The molecule has 136 valence electrons. The summed E-state index contributed by atoms with van der Waals surface area (Å²) in [5.41, 5.74) is 1.59. The minimum absolute atomic E-state index is 0.0254. The summed E-state index contributed by atoms with van der Waals surface area (Å²) in [5, 5.41) is 3.98. The zero-order chi connectivity index (χ0) is 17.9. The number of nitrogens with one attached hydrogen (secondary N) is 1. The molecule has 1 amide bonds. The molecular formula is C20H22N2O4. The SMILES string of the molecule is Cc1c(C(=O)NC[C@H](c2ccco2)N2CCOCC2)oc2ccccc12. The number of para-hydroxylation sites is 1. The second-order valence-electron chi connectivity index (χ2n) is 6.44. The number of rotatable bonds is 5. The van der Waals surface area contributed by atoms with Gasteiger partial charge in [0.1, 0.15) is 11.3 Å². The normalized spacial score (nSPS) is 16.7. The monoisotopic (exact) mass is 354 g/mol. The van der Waals surface area contributed by atoms with Gasteiger partial charge >= 0.3 is 0 Å². The molecule has 0 saturated carbocycles. The maximum Gasteiger partial charge on any atom is 0.287 e. The molecule has 0 aliphatic carbocycles. The number of nitrogens with zero attached hydrogens (tertiary/aromatic N) is 1. The minimum Gasteiger partial charge on any atom is -0.468 e. The molecule has 1 aliphatic rings. The largest absolute Gasteiger partial charge is 0.468 e. The van der Waals surface area contributed by atoms with Gasteiger partial charge < -0.3 is 18.9 Å². The third-order valence-electron chi connectivity index (χ3n) is 4.86. The molecule has 1 fully saturated rings. The van der Waals surface area contributed by atoms with Gasteiger partial charge in [0.05, 0.1) is 25.5 Å². The molecule has 0 spiro atoms. The van der Waals surface area contributed by atoms with Crippen molar-refractivity contribution < 1.29 is 18.4 Å². The van der Waals surface area contributed by atoms with Crippen LogP contribution in [-0.4, -0.2) is 43.7 Å². The van der Waals surface area contributed by atoms with E-state index in [9.17, 15) is 4.79 Å². The smallest absolute Gasteiger partial charge is 0.287 e. The van der Waals surface area contributed by atoms with Crippen LogP contribution in [-0.2, 0) is 4.74 Å². The van der Waals surface area contributed by atoms with Crippen molar-refractivity contribution in [1.82, 2.24) is 10.2 Å². The summed E-state index contributed by atoms with van der Waals surface area (Å²) in [6, 6.07) is 11.5. The number of aryl methyl sites for hydroxylation is 1. The van der Waals surface area contributed by atoms with Gasteiger partial charge in [0, 0.05) is 30.6 Å². The first kappa shape index (κ1) is 16.9. The average Bonchev–Trinajstić information content (AvgIpc) is 3.32. The summed E-state index contributed by atoms with van der Waals surface area (Å²) in [7, 11) is 0. The Morgan fingerprint density at radius 2 is 2.00 bits per heavy atom. The fourth-order valence-electron chi connectivity index (χ4n) is 3.44. The van der Waals surface area contributed by atoms with E-state index in [1.54, 1.807) is 6.26 Å². The van der Waals surface area contributed by atoms with Crippen LogP contribution in [0, 0.1) is 6.92 Å². The highest BCUT2D eigenvalue weighted by atomic mass is 16.5. The van der Waals surface area contributed by atoms with Gasteiger partial charge in [0.25, 0.3) is 5.91 Å². The highest BCUT2D eigenvalue weighted by molar-refractivity contribution is 5.98. The standard InChI is InChI=1S/C20H22N2O4/c1-14-15-5-2-3-6-17(15)26-19(14)20(23)21-13-16(18-7-4-10-25-18)22-8-11-24-12-9-22/h2-7,10,16H,8-9,11-13H2,1H3,(H,21,23)/t16-/m1/s1. The highest BCUT2D eigenvalue weighted by Crippen LogP contribution is 2.26. The van der Waals surface area contributed by atoms with Gasteiger partial charge in [0.15, 0.2) is 5.76 Å². The quantitative estimate of drug-likeness (QED) is 0.762. The fourth-order valence-corrected chi connectivity index (χ4v) is 3.44. The molecule has 1 N–H and O–H groups in total. The van der Waals surface area contributed by atoms with E-state index in [2.05, 4.69) is 10.2 Å². The maximum atomic E-state index is 12.7. The molecule has 4 rings (SSSR count). The first-order valence-corrected chi connectivity index (χ1v) is 8.85. The Labute approximate surface area is 151 Å². The molecule has 1 aromatic carbocycles. The first-order chi connectivity index (χ1) is 12.7. The number of carbonyl (C=O) groups is 1. The summed E-state index contributed by atoms with van der Waals surface area (Å²) >= 11 is 0. The average molecular weight is 354 g/mol. The van der Waals surface area contributed by atoms with E-state index >= 15 is 0 Å². The summed E-state index contributed by atoms with van der Waals surface area (Å²) in [6.45, 7) is 5.35. The van der Waals surface area contributed by atoms with Crippen LogP contribution in [0.2, 0.25) is 0 Å². The molecule has 0 unspecified atom stereocenters. The van der Waals surface area contributed by atoms with Crippen LogP contribution >= 0.6 is 0 Å². The van der Waals surface area contributed by atoms with E-state index in [1.165, 1.54) is 0 Å². The van der Waals surface area contributed by atoms with Gasteiger partial charge in [-0.3, -0.25) is 9.69 Å². The van der Waals surface area contributed by atoms with Crippen LogP contribution in [0.3, 0.4) is 0 Å². The van der Waals surface area contributed by atoms with E-state index in [0.29, 0.717) is 25.5 Å². The van der Waals surface area contributed by atoms with E-state index in [0.717, 1.165) is 35.4 Å². The number of ether oxygens (including phenoxy) is 1. The number of benzene rings is 1. The van der Waals surface area contributed by atoms with Crippen LogP contribution in [0.5, 0.6) is 0 Å². The van der Waals surface area contributed by atoms with E-state index in [-0.39, 0.29) is 11.9 Å². The molecule has 0 radical (unpaired) electrons. The predicted octanol–water partition coefficient (Wildman–Crippen LogP) is 3.14. The van der Waals surface area contributed by atoms with Crippen molar-refractivity contribution in [2.45, 2.75) is 13.0 Å². The van der Waals surface area contributed by atoms with Gasteiger partial charge in [-0.1, -0.05) is 18.2 Å². The fraction of sp³-hybridized carbons (Fsp3) is 0.350. The van der Waals surface area contributed by atoms with Crippen LogP contribution in [0.25, 0.3) is 11.0 Å². The second kappa shape index (κ2) is 7.35. The number of hydrogen-bond donors (Lipinski definition) is 1. The Hall–Kier alpha value is -2.57. The number of hydrogen-bond acceptors (Lipinski definition) is 5. The van der Waals surface area contributed by atoms with Crippen molar-refractivity contribution in [1.29, 1.82) is 0 Å². The van der Waals surface area contributed by atoms with Gasteiger partial charge in [-0.05, 0) is 25.1 Å². The first-order valence-electron chi connectivity index (χ1n) is 8.85. The molecule has 6 nitrogen and oxygen atoms in total. The molecule has 3 aromatic rings. The second-order valence-corrected chi connectivity index (χ2v) is 6.44. The lowest BCUT2D eigenvalue weighted by atomic mass is 10.1. The summed E-state index contributed by atoms with van der Waals surface area (Å²) in [4.78, 5) is 15.0. The van der Waals surface area contributed by atoms with Gasteiger partial charge in [-0.25, -0.2) is 0 Å².